The van der Waals surface area contributed by atoms with E-state index in [1.165, 1.54) is 0 Å². The van der Waals surface area contributed by atoms with Gasteiger partial charge < -0.3 is 15.5 Å². The first-order valence-corrected chi connectivity index (χ1v) is 5.72. The van der Waals surface area contributed by atoms with Crippen molar-refractivity contribution in [2.24, 2.45) is 5.84 Å². The van der Waals surface area contributed by atoms with Gasteiger partial charge in [0.25, 0.3) is 5.91 Å². The Bertz CT molecular complexity index is 437. The minimum absolute atomic E-state index is 0.122. The molecule has 0 fully saturated rings. The lowest BCUT2D eigenvalue weighted by molar-refractivity contribution is 0.0815. The summed E-state index contributed by atoms with van der Waals surface area (Å²) in [6, 6.07) is 3.14. The molecule has 1 heterocycles. The van der Waals surface area contributed by atoms with Crippen molar-refractivity contribution >= 4 is 23.3 Å². The van der Waals surface area contributed by atoms with E-state index >= 15 is 0 Å². The number of carbonyl (C=O) groups excluding carboxylic acids is 1. The Morgan fingerprint density at radius 3 is 2.78 bits per heavy atom. The van der Waals surface area contributed by atoms with Gasteiger partial charge in [0.15, 0.2) is 0 Å². The van der Waals surface area contributed by atoms with E-state index in [0.717, 1.165) is 0 Å². The number of methoxy groups -OCH3 is 1. The Kier molecular flexibility index (Phi) is 4.89. The molecule has 0 aliphatic heterocycles. The monoisotopic (exact) mass is 272 g/mol. The average Bonchev–Trinajstić information content (AvgIpc) is 2.28. The Labute approximate surface area is 111 Å². The second-order valence-corrected chi connectivity index (χ2v) is 4.85. The lowest BCUT2D eigenvalue weighted by atomic mass is 10.1. The lowest BCUT2D eigenvalue weighted by Crippen LogP contribution is -2.47. The normalized spacial score (nSPS) is 11.2. The third-order valence-electron chi connectivity index (χ3n) is 2.17. The number of nitrogens with zero attached hydrogens (tertiary/aromatic N) is 1. The van der Waals surface area contributed by atoms with E-state index in [-0.39, 0.29) is 16.6 Å². The molecule has 7 heteroatoms. The van der Waals surface area contributed by atoms with E-state index < -0.39 is 5.54 Å². The molecular weight excluding hydrogens is 256 g/mol. The Morgan fingerprint density at radius 1 is 1.56 bits per heavy atom. The summed E-state index contributed by atoms with van der Waals surface area (Å²) in [5, 5.41) is 3.05. The number of amides is 1. The number of rotatable bonds is 5. The van der Waals surface area contributed by atoms with Crippen molar-refractivity contribution in [3.63, 3.8) is 0 Å². The van der Waals surface area contributed by atoms with E-state index in [1.54, 1.807) is 19.2 Å². The standard InChI is InChI=1S/C11H17ClN4O2/c1-11(2,6-18-3)15-10(17)9-7(12)4-5-8(14-9)16-13/h4-5H,6,13H2,1-3H3,(H,14,16)(H,15,17). The molecule has 4 N–H and O–H groups in total. The van der Waals surface area contributed by atoms with Crippen LogP contribution in [-0.4, -0.2) is 30.1 Å². The van der Waals surface area contributed by atoms with Crippen LogP contribution in [0.3, 0.4) is 0 Å². The molecule has 0 spiro atoms. The van der Waals surface area contributed by atoms with Crippen LogP contribution in [0.2, 0.25) is 5.02 Å². The topological polar surface area (TPSA) is 89.3 Å². The maximum atomic E-state index is 12.0. The highest BCUT2D eigenvalue weighted by molar-refractivity contribution is 6.33. The van der Waals surface area contributed by atoms with Gasteiger partial charge in [0.05, 0.1) is 17.2 Å². The number of nitrogens with one attached hydrogen (secondary N) is 2. The number of hydrazine groups is 1. The van der Waals surface area contributed by atoms with Crippen LogP contribution in [0.25, 0.3) is 0 Å². The van der Waals surface area contributed by atoms with Crippen LogP contribution in [0, 0.1) is 0 Å². The quantitative estimate of drug-likeness (QED) is 0.553. The highest BCUT2D eigenvalue weighted by atomic mass is 35.5. The Balaban J connectivity index is 2.90. The van der Waals surface area contributed by atoms with E-state index in [4.69, 9.17) is 22.2 Å². The fraction of sp³-hybridized carbons (Fsp3) is 0.455. The Hall–Kier alpha value is -1.37. The molecule has 0 radical (unpaired) electrons. The number of aromatic nitrogens is 1. The molecule has 0 saturated carbocycles. The van der Waals surface area contributed by atoms with Crippen LogP contribution in [0.4, 0.5) is 5.82 Å². The van der Waals surface area contributed by atoms with Crippen molar-refractivity contribution in [1.29, 1.82) is 0 Å². The molecule has 6 nitrogen and oxygen atoms in total. The molecule has 0 unspecified atom stereocenters. The number of ether oxygens (including phenoxy) is 1. The molecule has 0 aliphatic carbocycles. The smallest absolute Gasteiger partial charge is 0.272 e. The zero-order valence-electron chi connectivity index (χ0n) is 10.6. The van der Waals surface area contributed by atoms with Crippen LogP contribution in [0.5, 0.6) is 0 Å². The molecule has 0 aliphatic rings. The predicted octanol–water partition coefficient (Wildman–Crippen LogP) is 1.18. The molecule has 1 rings (SSSR count). The fourth-order valence-electron chi connectivity index (χ4n) is 1.45. The van der Waals surface area contributed by atoms with Crippen LogP contribution in [0.1, 0.15) is 24.3 Å². The molecule has 0 bridgehead atoms. The molecule has 1 aromatic heterocycles. The largest absolute Gasteiger partial charge is 0.382 e. The Morgan fingerprint density at radius 2 is 2.22 bits per heavy atom. The van der Waals surface area contributed by atoms with Gasteiger partial charge in [-0.25, -0.2) is 10.8 Å². The number of carbonyl (C=O) groups is 1. The summed E-state index contributed by atoms with van der Waals surface area (Å²) in [5.74, 6) is 5.23. The molecule has 0 aromatic carbocycles. The zero-order valence-corrected chi connectivity index (χ0v) is 11.3. The number of hydrogen-bond acceptors (Lipinski definition) is 5. The van der Waals surface area contributed by atoms with Gasteiger partial charge >= 0.3 is 0 Å². The second kappa shape index (κ2) is 5.99. The van der Waals surface area contributed by atoms with Gasteiger partial charge in [-0.05, 0) is 26.0 Å². The third kappa shape index (κ3) is 3.83. The highest BCUT2D eigenvalue weighted by Gasteiger charge is 2.23. The second-order valence-electron chi connectivity index (χ2n) is 4.44. The average molecular weight is 273 g/mol. The van der Waals surface area contributed by atoms with Crippen LogP contribution < -0.4 is 16.6 Å². The minimum atomic E-state index is -0.511. The van der Waals surface area contributed by atoms with Gasteiger partial charge in [-0.1, -0.05) is 11.6 Å². The van der Waals surface area contributed by atoms with Crippen molar-refractivity contribution in [2.75, 3.05) is 19.1 Å². The number of anilines is 1. The summed E-state index contributed by atoms with van der Waals surface area (Å²) in [4.78, 5) is 16.1. The van der Waals surface area contributed by atoms with Crippen molar-refractivity contribution in [3.05, 3.63) is 22.8 Å². The SMILES string of the molecule is COCC(C)(C)NC(=O)c1nc(NN)ccc1Cl. The molecule has 0 saturated heterocycles. The zero-order chi connectivity index (χ0) is 13.8. The first-order valence-electron chi connectivity index (χ1n) is 5.34. The number of nitrogen functional groups attached to an aromatic ring is 1. The van der Waals surface area contributed by atoms with Crippen molar-refractivity contribution in [2.45, 2.75) is 19.4 Å². The summed E-state index contributed by atoms with van der Waals surface area (Å²) >= 11 is 5.93. The first-order chi connectivity index (χ1) is 8.39. The maximum absolute atomic E-state index is 12.0. The summed E-state index contributed by atoms with van der Waals surface area (Å²) in [7, 11) is 1.57. The van der Waals surface area contributed by atoms with Crippen LogP contribution >= 0.6 is 11.6 Å². The molecule has 18 heavy (non-hydrogen) atoms. The summed E-state index contributed by atoms with van der Waals surface area (Å²) in [6.45, 7) is 4.06. The van der Waals surface area contributed by atoms with Crippen molar-refractivity contribution in [3.8, 4) is 0 Å². The van der Waals surface area contributed by atoms with E-state index in [1.807, 2.05) is 13.8 Å². The summed E-state index contributed by atoms with van der Waals surface area (Å²) in [6.07, 6.45) is 0. The minimum Gasteiger partial charge on any atom is -0.382 e. The third-order valence-corrected chi connectivity index (χ3v) is 2.47. The van der Waals surface area contributed by atoms with Crippen molar-refractivity contribution in [1.82, 2.24) is 10.3 Å². The summed E-state index contributed by atoms with van der Waals surface area (Å²) < 4.78 is 5.02. The lowest BCUT2D eigenvalue weighted by Gasteiger charge is -2.25. The van der Waals surface area contributed by atoms with Crippen LogP contribution in [-0.2, 0) is 4.74 Å². The number of halogens is 1. The fourth-order valence-corrected chi connectivity index (χ4v) is 1.64. The molecule has 1 aromatic rings. The highest BCUT2D eigenvalue weighted by Crippen LogP contribution is 2.17. The predicted molar refractivity (Wildman–Crippen MR) is 70.5 cm³/mol. The molecule has 0 atom stereocenters. The summed E-state index contributed by atoms with van der Waals surface area (Å²) in [5.41, 5.74) is 1.97. The van der Waals surface area contributed by atoms with Gasteiger partial charge in [0.2, 0.25) is 0 Å². The number of hydrogen-bond donors (Lipinski definition) is 3. The molecule has 100 valence electrons. The van der Waals surface area contributed by atoms with E-state index in [0.29, 0.717) is 12.4 Å². The molecule has 1 amide bonds. The first kappa shape index (κ1) is 14.7. The van der Waals surface area contributed by atoms with Gasteiger partial charge in [0, 0.05) is 7.11 Å². The van der Waals surface area contributed by atoms with E-state index in [9.17, 15) is 4.79 Å². The van der Waals surface area contributed by atoms with Crippen LogP contribution in [0.15, 0.2) is 12.1 Å². The van der Waals surface area contributed by atoms with Gasteiger partial charge in [-0.2, -0.15) is 0 Å². The van der Waals surface area contributed by atoms with E-state index in [2.05, 4.69) is 15.7 Å². The van der Waals surface area contributed by atoms with Gasteiger partial charge in [0.1, 0.15) is 11.5 Å². The number of pyridine rings is 1. The van der Waals surface area contributed by atoms with Gasteiger partial charge in [-0.3, -0.25) is 4.79 Å². The van der Waals surface area contributed by atoms with Crippen molar-refractivity contribution < 1.29 is 9.53 Å². The maximum Gasteiger partial charge on any atom is 0.272 e. The number of nitrogens with two attached hydrogens (primary N) is 1. The van der Waals surface area contributed by atoms with Gasteiger partial charge in [-0.15, -0.1) is 0 Å². The molecular formula is C11H17ClN4O2.